The number of fused-ring (bicyclic) bond motifs is 1. The fourth-order valence-corrected chi connectivity index (χ4v) is 4.91. The van der Waals surface area contributed by atoms with Gasteiger partial charge in [0.25, 0.3) is 5.91 Å². The van der Waals surface area contributed by atoms with Crippen LogP contribution in [0.15, 0.2) is 72.8 Å². The molecule has 0 spiro atoms. The molecule has 7 nitrogen and oxygen atoms in total. The van der Waals surface area contributed by atoms with Crippen molar-refractivity contribution >= 4 is 23.2 Å². The molecule has 0 saturated carbocycles. The molecular weight excluding hydrogens is 456 g/mol. The lowest BCUT2D eigenvalue weighted by Crippen LogP contribution is -2.37. The highest BCUT2D eigenvalue weighted by Gasteiger charge is 2.60. The quantitative estimate of drug-likeness (QED) is 0.406. The fraction of sp³-hybridized carbons (Fsp3) is 0.310. The van der Waals surface area contributed by atoms with E-state index in [9.17, 15) is 9.59 Å². The lowest BCUT2D eigenvalue weighted by atomic mass is 9.90. The number of rotatable bonds is 8. The van der Waals surface area contributed by atoms with Gasteiger partial charge in [0.05, 0.1) is 30.6 Å². The molecule has 2 aliphatic heterocycles. The normalized spacial score (nSPS) is 21.1. The molecule has 3 aromatic carbocycles. The van der Waals surface area contributed by atoms with Gasteiger partial charge in [-0.05, 0) is 61.7 Å². The Morgan fingerprint density at radius 2 is 1.61 bits per heavy atom. The molecule has 2 amide bonds. The molecule has 0 unspecified atom stereocenters. The lowest BCUT2D eigenvalue weighted by Gasteiger charge is -2.29. The average Bonchev–Trinajstić information content (AvgIpc) is 3.40. The number of hydroxylamine groups is 1. The highest BCUT2D eigenvalue weighted by Crippen LogP contribution is 2.49. The number of benzene rings is 3. The van der Waals surface area contributed by atoms with Crippen molar-refractivity contribution in [1.82, 2.24) is 0 Å². The van der Waals surface area contributed by atoms with Crippen molar-refractivity contribution in [1.29, 1.82) is 0 Å². The summed E-state index contributed by atoms with van der Waals surface area (Å²) in [6, 6.07) is 22.1. The molecule has 0 bridgehead atoms. The van der Waals surface area contributed by atoms with E-state index in [0.717, 1.165) is 23.2 Å². The van der Waals surface area contributed by atoms with Gasteiger partial charge in [0, 0.05) is 0 Å². The Labute approximate surface area is 211 Å². The summed E-state index contributed by atoms with van der Waals surface area (Å²) in [5.74, 6) is -0.0798. The first-order valence-corrected chi connectivity index (χ1v) is 12.4. The number of aryl methyl sites for hydroxylation is 1. The second kappa shape index (κ2) is 10.0. The minimum Gasteiger partial charge on any atom is -0.490 e. The number of nitrogens with zero attached hydrogens (tertiary/aromatic N) is 2. The predicted octanol–water partition coefficient (Wildman–Crippen LogP) is 5.23. The van der Waals surface area contributed by atoms with Crippen LogP contribution in [-0.2, 0) is 14.4 Å². The van der Waals surface area contributed by atoms with Gasteiger partial charge >= 0.3 is 0 Å². The number of carbonyl (C=O) groups excluding carboxylic acids is 2. The van der Waals surface area contributed by atoms with Crippen molar-refractivity contribution in [2.75, 3.05) is 23.2 Å². The first-order chi connectivity index (χ1) is 17.5. The molecular formula is C29H30N2O5. The third kappa shape index (κ3) is 4.09. The summed E-state index contributed by atoms with van der Waals surface area (Å²) >= 11 is 0. The maximum Gasteiger partial charge on any atom is 0.266 e. The van der Waals surface area contributed by atoms with Crippen LogP contribution < -0.4 is 19.4 Å². The van der Waals surface area contributed by atoms with Gasteiger partial charge in [0.2, 0.25) is 5.91 Å². The first-order valence-electron chi connectivity index (χ1n) is 12.4. The Hall–Kier alpha value is -3.84. The third-order valence-electron chi connectivity index (χ3n) is 6.55. The third-order valence-corrected chi connectivity index (χ3v) is 6.55. The van der Waals surface area contributed by atoms with Gasteiger partial charge in [0.15, 0.2) is 17.6 Å². The summed E-state index contributed by atoms with van der Waals surface area (Å²) in [6.45, 7) is 6.90. The number of hydrogen-bond acceptors (Lipinski definition) is 6. The molecule has 5 rings (SSSR count). The molecule has 3 aromatic rings. The van der Waals surface area contributed by atoms with Gasteiger partial charge in [-0.25, -0.2) is 9.96 Å². The molecule has 2 heterocycles. The zero-order valence-corrected chi connectivity index (χ0v) is 20.7. The Balaban J connectivity index is 1.59. The van der Waals surface area contributed by atoms with Crippen molar-refractivity contribution < 1.29 is 23.9 Å². The van der Waals surface area contributed by atoms with Crippen LogP contribution in [0.2, 0.25) is 0 Å². The predicted molar refractivity (Wildman–Crippen MR) is 137 cm³/mol. The minimum absolute atomic E-state index is 0.271. The number of ether oxygens (including phenoxy) is 2. The van der Waals surface area contributed by atoms with E-state index in [2.05, 4.69) is 0 Å². The Morgan fingerprint density at radius 3 is 2.33 bits per heavy atom. The van der Waals surface area contributed by atoms with Crippen LogP contribution in [0.1, 0.15) is 37.4 Å². The van der Waals surface area contributed by atoms with Crippen molar-refractivity contribution in [2.45, 2.75) is 39.3 Å². The van der Waals surface area contributed by atoms with Gasteiger partial charge < -0.3 is 9.47 Å². The van der Waals surface area contributed by atoms with Gasteiger partial charge in [0.1, 0.15) is 5.92 Å². The SMILES string of the molecule is CCCOc1ccc([C@H]2[C@H]3C(=O)N(c4ccccc4C)C(=O)[C@@H]3ON2c2ccccc2)cc1OCC. The number of hydrogen-bond donors (Lipinski definition) is 0. The van der Waals surface area contributed by atoms with E-state index in [-0.39, 0.29) is 11.8 Å². The zero-order valence-electron chi connectivity index (χ0n) is 20.7. The van der Waals surface area contributed by atoms with Gasteiger partial charge in [-0.15, -0.1) is 0 Å². The second-order valence-electron chi connectivity index (χ2n) is 8.94. The molecule has 0 aliphatic carbocycles. The van der Waals surface area contributed by atoms with Crippen LogP contribution in [-0.4, -0.2) is 31.1 Å². The molecule has 0 aromatic heterocycles. The zero-order chi connectivity index (χ0) is 25.2. The number of carbonyl (C=O) groups is 2. The van der Waals surface area contributed by atoms with E-state index in [1.54, 1.807) is 11.1 Å². The molecule has 36 heavy (non-hydrogen) atoms. The van der Waals surface area contributed by atoms with Crippen LogP contribution in [0.4, 0.5) is 11.4 Å². The van der Waals surface area contributed by atoms with Crippen LogP contribution >= 0.6 is 0 Å². The summed E-state index contributed by atoms with van der Waals surface area (Å²) in [5, 5.41) is 1.69. The molecule has 2 fully saturated rings. The topological polar surface area (TPSA) is 68.3 Å². The van der Waals surface area contributed by atoms with E-state index in [1.807, 2.05) is 87.5 Å². The molecule has 7 heteroatoms. The maximum absolute atomic E-state index is 13.9. The molecule has 3 atom stereocenters. The van der Waals surface area contributed by atoms with Gasteiger partial charge in [-0.2, -0.15) is 0 Å². The fourth-order valence-electron chi connectivity index (χ4n) is 4.91. The van der Waals surface area contributed by atoms with Crippen molar-refractivity contribution in [3.63, 3.8) is 0 Å². The Bertz CT molecular complexity index is 1260. The second-order valence-corrected chi connectivity index (χ2v) is 8.94. The van der Waals surface area contributed by atoms with Gasteiger partial charge in [-0.1, -0.05) is 49.4 Å². The molecule has 186 valence electrons. The molecule has 2 aliphatic rings. The minimum atomic E-state index is -0.922. The standard InChI is InChI=1S/C29H30N2O5/c1-4-17-35-23-16-15-20(18-24(23)34-5-2)26-25-27(36-31(26)21-12-7-6-8-13-21)29(33)30(28(25)32)22-14-10-9-11-19(22)3/h6-16,18,25-27H,4-5,17H2,1-3H3/t25-,26+,27-/m1/s1. The van der Waals surface area contributed by atoms with E-state index < -0.39 is 18.1 Å². The summed E-state index contributed by atoms with van der Waals surface area (Å²) in [6.07, 6.45) is -0.0467. The summed E-state index contributed by atoms with van der Waals surface area (Å²) in [7, 11) is 0. The number of anilines is 2. The van der Waals surface area contributed by atoms with Gasteiger partial charge in [-0.3, -0.25) is 14.4 Å². The number of amides is 2. The van der Waals surface area contributed by atoms with Crippen LogP contribution in [0.5, 0.6) is 11.5 Å². The molecule has 0 N–H and O–H groups in total. The molecule has 0 radical (unpaired) electrons. The van der Waals surface area contributed by atoms with E-state index in [4.69, 9.17) is 14.3 Å². The first kappa shape index (κ1) is 23.9. The Kier molecular flexibility index (Phi) is 6.65. The largest absolute Gasteiger partial charge is 0.490 e. The highest BCUT2D eigenvalue weighted by molar-refractivity contribution is 6.24. The highest BCUT2D eigenvalue weighted by atomic mass is 16.7. The molecule has 2 saturated heterocycles. The summed E-state index contributed by atoms with van der Waals surface area (Å²) in [5.41, 5.74) is 3.02. The Morgan fingerprint density at radius 1 is 0.861 bits per heavy atom. The summed E-state index contributed by atoms with van der Waals surface area (Å²) in [4.78, 5) is 35.0. The smallest absolute Gasteiger partial charge is 0.266 e. The van der Waals surface area contributed by atoms with E-state index in [1.165, 1.54) is 4.90 Å². The van der Waals surface area contributed by atoms with Crippen molar-refractivity contribution in [3.8, 4) is 11.5 Å². The average molecular weight is 487 g/mol. The van der Waals surface area contributed by atoms with E-state index in [0.29, 0.717) is 30.4 Å². The number of para-hydroxylation sites is 2. The lowest BCUT2D eigenvalue weighted by molar-refractivity contribution is -0.126. The maximum atomic E-state index is 13.9. The van der Waals surface area contributed by atoms with Crippen molar-refractivity contribution in [2.24, 2.45) is 5.92 Å². The van der Waals surface area contributed by atoms with E-state index >= 15 is 0 Å². The number of imide groups is 1. The summed E-state index contributed by atoms with van der Waals surface area (Å²) < 4.78 is 11.8. The van der Waals surface area contributed by atoms with Crippen molar-refractivity contribution in [3.05, 3.63) is 83.9 Å². The van der Waals surface area contributed by atoms with Crippen LogP contribution in [0, 0.1) is 12.8 Å². The van der Waals surface area contributed by atoms with Crippen LogP contribution in [0.25, 0.3) is 0 Å². The van der Waals surface area contributed by atoms with Crippen LogP contribution in [0.3, 0.4) is 0 Å². The monoisotopic (exact) mass is 486 g/mol.